The van der Waals surface area contributed by atoms with Gasteiger partial charge in [-0.15, -0.1) is 0 Å². The molecule has 1 atom stereocenters. The number of nitrogens with zero attached hydrogens (tertiary/aromatic N) is 1. The van der Waals surface area contributed by atoms with Crippen LogP contribution in [-0.2, 0) is 5.41 Å². The van der Waals surface area contributed by atoms with Crippen LogP contribution >= 0.6 is 0 Å². The van der Waals surface area contributed by atoms with E-state index in [9.17, 15) is 0 Å². The molecule has 7 aromatic carbocycles. The van der Waals surface area contributed by atoms with Crippen molar-refractivity contribution in [1.29, 1.82) is 0 Å². The topological polar surface area (TPSA) is 3.24 Å². The van der Waals surface area contributed by atoms with Crippen LogP contribution in [0.2, 0.25) is 0 Å². The first-order chi connectivity index (χ1) is 24.6. The molecule has 1 nitrogen and oxygen atoms in total. The lowest BCUT2D eigenvalue weighted by molar-refractivity contribution is 0.787. The Kier molecular flexibility index (Phi) is 7.18. The molecule has 9 rings (SSSR count). The van der Waals surface area contributed by atoms with E-state index in [1.54, 1.807) is 0 Å². The van der Waals surface area contributed by atoms with E-state index >= 15 is 0 Å². The Hall–Kier alpha value is -5.92. The highest BCUT2D eigenvalue weighted by Gasteiger charge is 2.54. The zero-order chi connectivity index (χ0) is 33.8. The van der Waals surface area contributed by atoms with Gasteiger partial charge >= 0.3 is 0 Å². The van der Waals surface area contributed by atoms with E-state index in [2.05, 4.69) is 183 Å². The van der Waals surface area contributed by atoms with E-state index < -0.39 is 5.41 Å². The third kappa shape index (κ3) is 4.47. The second-order valence-corrected chi connectivity index (χ2v) is 13.7. The minimum atomic E-state index is -0.461. The maximum atomic E-state index is 4.95. The fourth-order valence-corrected chi connectivity index (χ4v) is 8.61. The average molecular weight is 642 g/mol. The number of fused-ring (bicyclic) bond motifs is 4. The summed E-state index contributed by atoms with van der Waals surface area (Å²) in [6.07, 6.45) is 4.56. The third-order valence-electron chi connectivity index (χ3n) is 10.9. The molecule has 1 unspecified atom stereocenters. The van der Waals surface area contributed by atoms with Crippen LogP contribution in [0.4, 0.5) is 17.1 Å². The number of hydrogen-bond acceptors (Lipinski definition) is 1. The summed E-state index contributed by atoms with van der Waals surface area (Å²) in [5.41, 5.74) is 17.0. The molecule has 0 bridgehead atoms. The molecule has 0 spiro atoms. The van der Waals surface area contributed by atoms with Gasteiger partial charge in [-0.1, -0.05) is 141 Å². The van der Waals surface area contributed by atoms with Gasteiger partial charge in [0.1, 0.15) is 0 Å². The van der Waals surface area contributed by atoms with Gasteiger partial charge in [0.25, 0.3) is 0 Å². The smallest absolute Gasteiger partial charge is 0.0723 e. The van der Waals surface area contributed by atoms with Crippen molar-refractivity contribution in [2.24, 2.45) is 0 Å². The number of allylic oxidation sites excluding steroid dienone is 3. The van der Waals surface area contributed by atoms with Crippen LogP contribution in [0.3, 0.4) is 0 Å². The highest BCUT2D eigenvalue weighted by Crippen LogP contribution is 2.65. The van der Waals surface area contributed by atoms with E-state index in [4.69, 9.17) is 6.58 Å². The Morgan fingerprint density at radius 2 is 1.26 bits per heavy atom. The highest BCUT2D eigenvalue weighted by atomic mass is 15.1. The van der Waals surface area contributed by atoms with Crippen LogP contribution in [0.1, 0.15) is 47.6 Å². The van der Waals surface area contributed by atoms with E-state index in [1.165, 1.54) is 72.0 Å². The number of para-hydroxylation sites is 1. The lowest BCUT2D eigenvalue weighted by atomic mass is 9.69. The summed E-state index contributed by atoms with van der Waals surface area (Å²) in [4.78, 5) is 2.41. The molecule has 0 saturated heterocycles. The predicted molar refractivity (Wildman–Crippen MR) is 213 cm³/mol. The highest BCUT2D eigenvalue weighted by molar-refractivity contribution is 6.03. The SMILES string of the molecule is C=C1/C(=C\CCC)c2cccc3c2C1(c1ccccc1C)c1cc(N(c2ccccc2)c2cccc(-c4ccc5ccccc5c4)c2)ccc1-3. The number of benzene rings is 7. The summed E-state index contributed by atoms with van der Waals surface area (Å²) in [7, 11) is 0. The molecule has 240 valence electrons. The molecule has 2 aliphatic rings. The van der Waals surface area contributed by atoms with Crippen molar-refractivity contribution in [2.75, 3.05) is 4.90 Å². The Morgan fingerprint density at radius 3 is 2.10 bits per heavy atom. The largest absolute Gasteiger partial charge is 0.310 e. The zero-order valence-electron chi connectivity index (χ0n) is 28.7. The molecule has 0 fully saturated rings. The minimum absolute atomic E-state index is 0.461. The van der Waals surface area contributed by atoms with E-state index in [-0.39, 0.29) is 0 Å². The summed E-state index contributed by atoms with van der Waals surface area (Å²) in [6, 6.07) is 58.0. The van der Waals surface area contributed by atoms with Gasteiger partial charge in [0.05, 0.1) is 5.41 Å². The molecule has 1 heteroatoms. The van der Waals surface area contributed by atoms with Crippen molar-refractivity contribution in [3.05, 3.63) is 204 Å². The van der Waals surface area contributed by atoms with Gasteiger partial charge in [-0.2, -0.15) is 0 Å². The van der Waals surface area contributed by atoms with Crippen LogP contribution in [0.25, 0.3) is 38.6 Å². The first-order valence-electron chi connectivity index (χ1n) is 17.8. The Balaban J connectivity index is 1.27. The number of hydrogen-bond donors (Lipinski definition) is 0. The van der Waals surface area contributed by atoms with Gasteiger partial charge in [0.15, 0.2) is 0 Å². The molecule has 0 N–H and O–H groups in total. The molecule has 0 aliphatic heterocycles. The van der Waals surface area contributed by atoms with Crippen LogP contribution in [-0.4, -0.2) is 0 Å². The van der Waals surface area contributed by atoms with Gasteiger partial charge in [-0.05, 0) is 128 Å². The first-order valence-corrected chi connectivity index (χ1v) is 17.8. The summed E-state index contributed by atoms with van der Waals surface area (Å²) >= 11 is 0. The average Bonchev–Trinajstić information content (AvgIpc) is 3.60. The maximum absolute atomic E-state index is 4.95. The lowest BCUT2D eigenvalue weighted by Crippen LogP contribution is -2.27. The predicted octanol–water partition coefficient (Wildman–Crippen LogP) is 13.4. The number of rotatable bonds is 7. The van der Waals surface area contributed by atoms with Crippen LogP contribution in [0.5, 0.6) is 0 Å². The van der Waals surface area contributed by atoms with E-state index in [1.807, 2.05) is 0 Å². The van der Waals surface area contributed by atoms with Crippen molar-refractivity contribution in [3.63, 3.8) is 0 Å². The second kappa shape index (κ2) is 11.9. The van der Waals surface area contributed by atoms with Crippen LogP contribution in [0.15, 0.2) is 176 Å². The van der Waals surface area contributed by atoms with Crippen LogP contribution in [0, 0.1) is 6.92 Å². The van der Waals surface area contributed by atoms with Crippen molar-refractivity contribution in [3.8, 4) is 22.3 Å². The molecule has 0 amide bonds. The minimum Gasteiger partial charge on any atom is -0.310 e. The molecule has 2 aliphatic carbocycles. The summed E-state index contributed by atoms with van der Waals surface area (Å²) < 4.78 is 0. The number of unbranched alkanes of at least 4 members (excludes halogenated alkanes) is 1. The van der Waals surface area contributed by atoms with Crippen molar-refractivity contribution < 1.29 is 0 Å². The van der Waals surface area contributed by atoms with Crippen LogP contribution < -0.4 is 4.90 Å². The standard InChI is InChI=1S/C49H39N/c1-4-5-22-42-34(3)49(46-25-12-9-15-33(46)2)47-32-41(28-29-43(47)45-24-14-23-44(42)48(45)49)50(39-19-7-6-8-20-39)40-21-13-18-37(31-40)38-27-26-35-16-10-11-17-36(35)30-38/h6-32H,3-5H2,1-2H3/b42-22+. The van der Waals surface area contributed by atoms with E-state index in [0.29, 0.717) is 0 Å². The fourth-order valence-electron chi connectivity index (χ4n) is 8.61. The quantitative estimate of drug-likeness (QED) is 0.167. The summed E-state index contributed by atoms with van der Waals surface area (Å²) in [5.74, 6) is 0. The normalized spacial score (nSPS) is 16.5. The van der Waals surface area contributed by atoms with Gasteiger partial charge in [-0.3, -0.25) is 0 Å². The van der Waals surface area contributed by atoms with Gasteiger partial charge < -0.3 is 4.90 Å². The Labute approximate surface area is 295 Å². The number of anilines is 3. The lowest BCUT2D eigenvalue weighted by Gasteiger charge is -2.33. The van der Waals surface area contributed by atoms with Crippen molar-refractivity contribution in [2.45, 2.75) is 32.1 Å². The van der Waals surface area contributed by atoms with Gasteiger partial charge in [0.2, 0.25) is 0 Å². The molecule has 0 aromatic heterocycles. The molecular weight excluding hydrogens is 603 g/mol. The van der Waals surface area contributed by atoms with E-state index in [0.717, 1.165) is 29.9 Å². The molecule has 0 radical (unpaired) electrons. The Bertz CT molecular complexity index is 2480. The fraction of sp³-hybridized carbons (Fsp3) is 0.102. The van der Waals surface area contributed by atoms with Crippen molar-refractivity contribution >= 4 is 33.4 Å². The van der Waals surface area contributed by atoms with Gasteiger partial charge in [0, 0.05) is 17.1 Å². The maximum Gasteiger partial charge on any atom is 0.0723 e. The summed E-state index contributed by atoms with van der Waals surface area (Å²) in [6.45, 7) is 9.46. The zero-order valence-corrected chi connectivity index (χ0v) is 28.7. The molecule has 7 aromatic rings. The Morgan fingerprint density at radius 1 is 0.560 bits per heavy atom. The molecular formula is C49H39N. The number of aryl methyl sites for hydroxylation is 1. The summed E-state index contributed by atoms with van der Waals surface area (Å²) in [5, 5.41) is 2.50. The second-order valence-electron chi connectivity index (χ2n) is 13.7. The first kappa shape index (κ1) is 30.2. The van der Waals surface area contributed by atoms with Gasteiger partial charge in [-0.25, -0.2) is 0 Å². The monoisotopic (exact) mass is 641 g/mol. The molecule has 50 heavy (non-hydrogen) atoms. The van der Waals surface area contributed by atoms with Crippen molar-refractivity contribution in [1.82, 2.24) is 0 Å². The molecule has 0 heterocycles. The third-order valence-corrected chi connectivity index (χ3v) is 10.9. The molecule has 0 saturated carbocycles.